The Balaban J connectivity index is 2.01. The van der Waals surface area contributed by atoms with Crippen LogP contribution in [-0.4, -0.2) is 19.1 Å². The fourth-order valence-corrected chi connectivity index (χ4v) is 3.73. The predicted octanol–water partition coefficient (Wildman–Crippen LogP) is 3.99. The molecule has 1 unspecified atom stereocenters. The fraction of sp³-hybridized carbons (Fsp3) is 1.00. The molecule has 88 valence electrons. The first kappa shape index (κ1) is 11.7. The van der Waals surface area contributed by atoms with E-state index in [1.54, 1.807) is 0 Å². The number of halogens is 1. The molecule has 1 nitrogen and oxygen atoms in total. The van der Waals surface area contributed by atoms with Crippen LogP contribution in [0.5, 0.6) is 0 Å². The molecule has 0 amide bonds. The third kappa shape index (κ3) is 2.68. The summed E-state index contributed by atoms with van der Waals surface area (Å²) in [5, 5.41) is 0. The topological polar surface area (TPSA) is 9.23 Å². The van der Waals surface area contributed by atoms with E-state index in [2.05, 4.69) is 0 Å². The molecule has 1 atom stereocenters. The van der Waals surface area contributed by atoms with Crippen LogP contribution in [0.25, 0.3) is 0 Å². The average molecular weight is 231 g/mol. The van der Waals surface area contributed by atoms with Crippen molar-refractivity contribution in [2.45, 2.75) is 51.4 Å². The summed E-state index contributed by atoms with van der Waals surface area (Å²) in [7, 11) is 0. The molecule has 1 heterocycles. The van der Waals surface area contributed by atoms with Crippen molar-refractivity contribution in [3.63, 3.8) is 0 Å². The van der Waals surface area contributed by atoms with Gasteiger partial charge in [0, 0.05) is 17.9 Å². The summed E-state index contributed by atoms with van der Waals surface area (Å²) in [4.78, 5) is 0. The number of ether oxygens (including phenoxy) is 1. The van der Waals surface area contributed by atoms with E-state index in [1.807, 2.05) is 0 Å². The quantitative estimate of drug-likeness (QED) is 0.515. The smallest absolute Gasteiger partial charge is 0.0536 e. The van der Waals surface area contributed by atoms with Crippen LogP contribution in [0, 0.1) is 11.3 Å². The molecule has 1 aliphatic carbocycles. The Bertz CT molecular complexity index is 179. The van der Waals surface area contributed by atoms with Crippen LogP contribution in [0.2, 0.25) is 0 Å². The predicted molar refractivity (Wildman–Crippen MR) is 64.4 cm³/mol. The Kier molecular flexibility index (Phi) is 4.33. The standard InChI is InChI=1S/C13H23ClO/c14-10-13(8-5-9-15-11-13)12-6-3-1-2-4-7-12/h12H,1-11H2. The van der Waals surface area contributed by atoms with Gasteiger partial charge in [-0.15, -0.1) is 11.6 Å². The fourth-order valence-electron chi connectivity index (χ4n) is 3.30. The molecule has 1 saturated heterocycles. The Hall–Kier alpha value is 0.250. The van der Waals surface area contributed by atoms with Crippen molar-refractivity contribution in [2.24, 2.45) is 11.3 Å². The molecule has 2 fully saturated rings. The van der Waals surface area contributed by atoms with Crippen LogP contribution < -0.4 is 0 Å². The zero-order valence-electron chi connectivity index (χ0n) is 9.64. The molecule has 2 heteroatoms. The molecule has 0 radical (unpaired) electrons. The maximum atomic E-state index is 6.24. The van der Waals surface area contributed by atoms with Crippen LogP contribution in [0.1, 0.15) is 51.4 Å². The molecule has 15 heavy (non-hydrogen) atoms. The summed E-state index contributed by atoms with van der Waals surface area (Å²) in [6.07, 6.45) is 10.9. The molecule has 0 spiro atoms. The molecular weight excluding hydrogens is 208 g/mol. The zero-order chi connectivity index (χ0) is 10.6. The minimum absolute atomic E-state index is 0.324. The van der Waals surface area contributed by atoms with Gasteiger partial charge in [-0.25, -0.2) is 0 Å². The molecule has 1 aliphatic heterocycles. The van der Waals surface area contributed by atoms with E-state index in [1.165, 1.54) is 51.4 Å². The summed E-state index contributed by atoms with van der Waals surface area (Å²) in [6.45, 7) is 1.87. The first-order valence-electron chi connectivity index (χ1n) is 6.51. The normalized spacial score (nSPS) is 35.0. The lowest BCUT2D eigenvalue weighted by atomic mass is 9.70. The van der Waals surface area contributed by atoms with Gasteiger partial charge in [0.25, 0.3) is 0 Å². The minimum atomic E-state index is 0.324. The van der Waals surface area contributed by atoms with Gasteiger partial charge in [-0.1, -0.05) is 25.7 Å². The summed E-state index contributed by atoms with van der Waals surface area (Å²) >= 11 is 6.24. The molecule has 0 bridgehead atoms. The van der Waals surface area contributed by atoms with Gasteiger partial charge in [-0.05, 0) is 31.6 Å². The summed E-state index contributed by atoms with van der Waals surface area (Å²) in [5.41, 5.74) is 0.324. The lowest BCUT2D eigenvalue weighted by Crippen LogP contribution is -2.40. The average Bonchev–Trinajstić information content (AvgIpc) is 2.59. The highest BCUT2D eigenvalue weighted by Gasteiger charge is 2.39. The van der Waals surface area contributed by atoms with Gasteiger partial charge >= 0.3 is 0 Å². The lowest BCUT2D eigenvalue weighted by Gasteiger charge is -2.42. The first-order valence-corrected chi connectivity index (χ1v) is 7.04. The van der Waals surface area contributed by atoms with Gasteiger partial charge in [-0.3, -0.25) is 0 Å². The summed E-state index contributed by atoms with van der Waals surface area (Å²) in [5.74, 6) is 1.63. The van der Waals surface area contributed by atoms with E-state index < -0.39 is 0 Å². The Labute approximate surface area is 98.5 Å². The highest BCUT2D eigenvalue weighted by molar-refractivity contribution is 6.18. The largest absolute Gasteiger partial charge is 0.381 e. The number of rotatable bonds is 2. The molecule has 2 rings (SSSR count). The molecule has 1 saturated carbocycles. The van der Waals surface area contributed by atoms with Gasteiger partial charge < -0.3 is 4.74 Å². The van der Waals surface area contributed by atoms with Crippen LogP contribution in [0.4, 0.5) is 0 Å². The van der Waals surface area contributed by atoms with E-state index in [9.17, 15) is 0 Å². The Morgan fingerprint density at radius 1 is 1.07 bits per heavy atom. The second-order valence-electron chi connectivity index (χ2n) is 5.34. The van der Waals surface area contributed by atoms with Gasteiger partial charge in [0.05, 0.1) is 6.61 Å². The molecule has 0 aromatic heterocycles. The van der Waals surface area contributed by atoms with Crippen LogP contribution in [0.3, 0.4) is 0 Å². The van der Waals surface area contributed by atoms with Crippen molar-refractivity contribution in [1.82, 2.24) is 0 Å². The summed E-state index contributed by atoms with van der Waals surface area (Å²) in [6, 6.07) is 0. The Morgan fingerprint density at radius 3 is 2.33 bits per heavy atom. The second-order valence-corrected chi connectivity index (χ2v) is 5.61. The van der Waals surface area contributed by atoms with E-state index in [-0.39, 0.29) is 0 Å². The van der Waals surface area contributed by atoms with Crippen molar-refractivity contribution in [3.8, 4) is 0 Å². The van der Waals surface area contributed by atoms with Crippen LogP contribution in [0.15, 0.2) is 0 Å². The molecular formula is C13H23ClO. The highest BCUT2D eigenvalue weighted by Crippen LogP contribution is 2.44. The highest BCUT2D eigenvalue weighted by atomic mass is 35.5. The monoisotopic (exact) mass is 230 g/mol. The van der Waals surface area contributed by atoms with Gasteiger partial charge in [0.1, 0.15) is 0 Å². The first-order chi connectivity index (χ1) is 7.37. The third-order valence-corrected chi connectivity index (χ3v) is 4.87. The zero-order valence-corrected chi connectivity index (χ0v) is 10.4. The SMILES string of the molecule is ClCC1(C2CCCCCC2)CCCOC1. The van der Waals surface area contributed by atoms with Gasteiger partial charge in [0.15, 0.2) is 0 Å². The third-order valence-electron chi connectivity index (χ3n) is 4.34. The van der Waals surface area contributed by atoms with Crippen molar-refractivity contribution in [2.75, 3.05) is 19.1 Å². The maximum Gasteiger partial charge on any atom is 0.0536 e. The number of hydrogen-bond acceptors (Lipinski definition) is 1. The van der Waals surface area contributed by atoms with Gasteiger partial charge in [-0.2, -0.15) is 0 Å². The van der Waals surface area contributed by atoms with Crippen LogP contribution >= 0.6 is 11.6 Å². The van der Waals surface area contributed by atoms with Gasteiger partial charge in [0.2, 0.25) is 0 Å². The Morgan fingerprint density at radius 2 is 1.80 bits per heavy atom. The minimum Gasteiger partial charge on any atom is -0.381 e. The van der Waals surface area contributed by atoms with E-state index in [0.717, 1.165) is 25.0 Å². The van der Waals surface area contributed by atoms with Crippen LogP contribution in [-0.2, 0) is 4.74 Å². The van der Waals surface area contributed by atoms with Crippen molar-refractivity contribution in [3.05, 3.63) is 0 Å². The van der Waals surface area contributed by atoms with E-state index >= 15 is 0 Å². The van der Waals surface area contributed by atoms with Crippen molar-refractivity contribution in [1.29, 1.82) is 0 Å². The summed E-state index contributed by atoms with van der Waals surface area (Å²) < 4.78 is 5.69. The van der Waals surface area contributed by atoms with E-state index in [4.69, 9.17) is 16.3 Å². The molecule has 0 N–H and O–H groups in total. The molecule has 2 aliphatic rings. The number of hydrogen-bond donors (Lipinski definition) is 0. The molecule has 0 aromatic carbocycles. The number of alkyl halides is 1. The maximum absolute atomic E-state index is 6.24. The molecule has 0 aromatic rings. The lowest BCUT2D eigenvalue weighted by molar-refractivity contribution is -0.0328. The van der Waals surface area contributed by atoms with E-state index in [0.29, 0.717) is 5.41 Å². The van der Waals surface area contributed by atoms with Crippen molar-refractivity contribution >= 4 is 11.6 Å². The van der Waals surface area contributed by atoms with Crippen molar-refractivity contribution < 1.29 is 4.74 Å². The second kappa shape index (κ2) is 5.54.